The molecule has 0 unspecified atom stereocenters. The van der Waals surface area contributed by atoms with Gasteiger partial charge in [-0.05, 0) is 18.2 Å². The molecule has 0 aliphatic carbocycles. The van der Waals surface area contributed by atoms with Crippen molar-refractivity contribution in [2.24, 2.45) is 0 Å². The molecule has 0 aliphatic heterocycles. The van der Waals surface area contributed by atoms with Crippen molar-refractivity contribution >= 4 is 11.6 Å². The quantitative estimate of drug-likeness (QED) is 0.772. The lowest BCUT2D eigenvalue weighted by molar-refractivity contribution is 0.102. The topological polar surface area (TPSA) is 85.6 Å². The van der Waals surface area contributed by atoms with Crippen molar-refractivity contribution in [1.29, 1.82) is 0 Å². The van der Waals surface area contributed by atoms with Crippen molar-refractivity contribution in [3.8, 4) is 5.82 Å². The fourth-order valence-electron chi connectivity index (χ4n) is 1.69. The molecule has 3 aromatic heterocycles. The highest BCUT2D eigenvalue weighted by molar-refractivity contribution is 6.04. The molecule has 0 radical (unpaired) electrons. The van der Waals surface area contributed by atoms with Crippen molar-refractivity contribution in [1.82, 2.24) is 24.7 Å². The van der Waals surface area contributed by atoms with Gasteiger partial charge in [0.25, 0.3) is 5.91 Å². The molecule has 7 heteroatoms. The third-order valence-corrected chi connectivity index (χ3v) is 2.60. The SMILES string of the molecule is O=C(Nc1cncnc1-n1cccn1)c1ccncc1. The standard InChI is InChI=1S/C13H10N6O/c20-13(10-2-5-14-6-3-10)18-11-8-15-9-16-12(11)19-7-1-4-17-19/h1-9H,(H,18,20). The van der Waals surface area contributed by atoms with Gasteiger partial charge in [-0.1, -0.05) is 0 Å². The first-order valence-electron chi connectivity index (χ1n) is 5.86. The number of nitrogens with zero attached hydrogens (tertiary/aromatic N) is 5. The van der Waals surface area contributed by atoms with Gasteiger partial charge >= 0.3 is 0 Å². The van der Waals surface area contributed by atoms with E-state index in [0.717, 1.165) is 0 Å². The minimum Gasteiger partial charge on any atom is -0.317 e. The van der Waals surface area contributed by atoms with E-state index < -0.39 is 0 Å². The first kappa shape index (κ1) is 12.0. The van der Waals surface area contributed by atoms with E-state index in [1.807, 2.05) is 0 Å². The number of anilines is 1. The Morgan fingerprint density at radius 3 is 2.75 bits per heavy atom. The van der Waals surface area contributed by atoms with Crippen LogP contribution in [0.2, 0.25) is 0 Å². The Kier molecular flexibility index (Phi) is 3.15. The fourth-order valence-corrected chi connectivity index (χ4v) is 1.69. The van der Waals surface area contributed by atoms with E-state index in [9.17, 15) is 4.79 Å². The van der Waals surface area contributed by atoms with Crippen LogP contribution >= 0.6 is 0 Å². The molecule has 3 rings (SSSR count). The summed E-state index contributed by atoms with van der Waals surface area (Å²) in [6.07, 6.45) is 9.43. The number of carbonyl (C=O) groups is 1. The predicted octanol–water partition coefficient (Wildman–Crippen LogP) is 1.31. The minimum absolute atomic E-state index is 0.254. The molecule has 0 bridgehead atoms. The lowest BCUT2D eigenvalue weighted by atomic mass is 10.2. The molecule has 0 aromatic carbocycles. The average Bonchev–Trinajstić information content (AvgIpc) is 3.03. The van der Waals surface area contributed by atoms with E-state index >= 15 is 0 Å². The third kappa shape index (κ3) is 2.37. The molecule has 98 valence electrons. The Bertz CT molecular complexity index is 711. The van der Waals surface area contributed by atoms with Crippen LogP contribution in [0.1, 0.15) is 10.4 Å². The summed E-state index contributed by atoms with van der Waals surface area (Å²) in [7, 11) is 0. The van der Waals surface area contributed by atoms with Crippen molar-refractivity contribution in [3.05, 3.63) is 61.1 Å². The van der Waals surface area contributed by atoms with Gasteiger partial charge in [-0.2, -0.15) is 5.10 Å². The summed E-state index contributed by atoms with van der Waals surface area (Å²) in [6.45, 7) is 0. The smallest absolute Gasteiger partial charge is 0.255 e. The van der Waals surface area contributed by atoms with Crippen LogP contribution in [-0.4, -0.2) is 30.6 Å². The Hall–Kier alpha value is -3.09. The van der Waals surface area contributed by atoms with E-state index in [1.165, 1.54) is 12.5 Å². The molecule has 3 aromatic rings. The monoisotopic (exact) mass is 266 g/mol. The number of pyridine rings is 1. The van der Waals surface area contributed by atoms with Crippen LogP contribution in [0, 0.1) is 0 Å². The van der Waals surface area contributed by atoms with Gasteiger partial charge in [-0.15, -0.1) is 0 Å². The second-order valence-corrected chi connectivity index (χ2v) is 3.90. The lowest BCUT2D eigenvalue weighted by Crippen LogP contribution is -2.15. The van der Waals surface area contributed by atoms with Gasteiger partial charge in [-0.3, -0.25) is 9.78 Å². The average molecular weight is 266 g/mol. The number of hydrogen-bond acceptors (Lipinski definition) is 5. The molecule has 0 spiro atoms. The van der Waals surface area contributed by atoms with Crippen LogP contribution in [0.5, 0.6) is 0 Å². The summed E-state index contributed by atoms with van der Waals surface area (Å²) >= 11 is 0. The summed E-state index contributed by atoms with van der Waals surface area (Å²) in [5, 5.41) is 6.85. The van der Waals surface area contributed by atoms with E-state index in [-0.39, 0.29) is 5.91 Å². The summed E-state index contributed by atoms with van der Waals surface area (Å²) in [6, 6.07) is 5.04. The van der Waals surface area contributed by atoms with Gasteiger partial charge in [0, 0.05) is 30.4 Å². The first-order chi connectivity index (χ1) is 9.84. The summed E-state index contributed by atoms with van der Waals surface area (Å²) < 4.78 is 1.56. The van der Waals surface area contributed by atoms with Crippen molar-refractivity contribution in [2.45, 2.75) is 0 Å². The maximum atomic E-state index is 12.1. The highest BCUT2D eigenvalue weighted by atomic mass is 16.1. The zero-order valence-corrected chi connectivity index (χ0v) is 10.3. The van der Waals surface area contributed by atoms with Gasteiger partial charge < -0.3 is 5.32 Å². The number of hydrogen-bond donors (Lipinski definition) is 1. The van der Waals surface area contributed by atoms with Gasteiger partial charge in [0.05, 0.1) is 6.20 Å². The van der Waals surface area contributed by atoms with E-state index in [2.05, 4.69) is 25.4 Å². The minimum atomic E-state index is -0.254. The molecular formula is C13H10N6O. The van der Waals surface area contributed by atoms with E-state index in [4.69, 9.17) is 0 Å². The maximum Gasteiger partial charge on any atom is 0.255 e. The summed E-state index contributed by atoms with van der Waals surface area (Å²) in [5.41, 5.74) is 0.994. The van der Waals surface area contributed by atoms with E-state index in [0.29, 0.717) is 17.1 Å². The first-order valence-corrected chi connectivity index (χ1v) is 5.86. The molecule has 0 fully saturated rings. The second kappa shape index (κ2) is 5.27. The second-order valence-electron chi connectivity index (χ2n) is 3.90. The molecule has 0 saturated heterocycles. The normalized spacial score (nSPS) is 10.2. The van der Waals surface area contributed by atoms with Gasteiger partial charge in [0.2, 0.25) is 0 Å². The maximum absolute atomic E-state index is 12.1. The molecule has 0 aliphatic rings. The Morgan fingerprint density at radius 2 is 2.00 bits per heavy atom. The highest BCUT2D eigenvalue weighted by Gasteiger charge is 2.11. The van der Waals surface area contributed by atoms with Gasteiger partial charge in [0.1, 0.15) is 12.0 Å². The van der Waals surface area contributed by atoms with Crippen molar-refractivity contribution in [2.75, 3.05) is 5.32 Å². The molecule has 7 nitrogen and oxygen atoms in total. The Morgan fingerprint density at radius 1 is 1.15 bits per heavy atom. The van der Waals surface area contributed by atoms with E-state index in [1.54, 1.807) is 47.7 Å². The Labute approximate surface area is 114 Å². The molecule has 0 atom stereocenters. The van der Waals surface area contributed by atoms with Crippen LogP contribution in [0.15, 0.2) is 55.5 Å². The highest BCUT2D eigenvalue weighted by Crippen LogP contribution is 2.15. The summed E-state index contributed by atoms with van der Waals surface area (Å²) in [5.74, 6) is 0.253. The third-order valence-electron chi connectivity index (χ3n) is 2.60. The van der Waals surface area contributed by atoms with Crippen molar-refractivity contribution in [3.63, 3.8) is 0 Å². The molecular weight excluding hydrogens is 256 g/mol. The van der Waals surface area contributed by atoms with Crippen LogP contribution in [0.3, 0.4) is 0 Å². The lowest BCUT2D eigenvalue weighted by Gasteiger charge is -2.09. The number of rotatable bonds is 3. The molecule has 1 N–H and O–H groups in total. The zero-order chi connectivity index (χ0) is 13.8. The van der Waals surface area contributed by atoms with Crippen molar-refractivity contribution < 1.29 is 4.79 Å². The van der Waals surface area contributed by atoms with Crippen LogP contribution in [-0.2, 0) is 0 Å². The molecule has 20 heavy (non-hydrogen) atoms. The van der Waals surface area contributed by atoms with Gasteiger partial charge in [0.15, 0.2) is 5.82 Å². The summed E-state index contributed by atoms with van der Waals surface area (Å²) in [4.78, 5) is 24.0. The van der Waals surface area contributed by atoms with Crippen LogP contribution < -0.4 is 5.32 Å². The zero-order valence-electron chi connectivity index (χ0n) is 10.3. The number of nitrogens with one attached hydrogen (secondary N) is 1. The fraction of sp³-hybridized carbons (Fsp3) is 0. The van der Waals surface area contributed by atoms with Gasteiger partial charge in [-0.25, -0.2) is 14.6 Å². The van der Waals surface area contributed by atoms with Crippen LogP contribution in [0.25, 0.3) is 5.82 Å². The Balaban J connectivity index is 1.90. The molecule has 3 heterocycles. The predicted molar refractivity (Wildman–Crippen MR) is 71.3 cm³/mol. The number of amides is 1. The molecule has 0 saturated carbocycles. The number of aromatic nitrogens is 5. The number of carbonyl (C=O) groups excluding carboxylic acids is 1. The van der Waals surface area contributed by atoms with Crippen LogP contribution in [0.4, 0.5) is 5.69 Å². The molecule has 1 amide bonds. The largest absolute Gasteiger partial charge is 0.317 e.